The van der Waals surface area contributed by atoms with Crippen LogP contribution in [0.15, 0.2) is 78.9 Å². The Balaban J connectivity index is 1.50. The summed E-state index contributed by atoms with van der Waals surface area (Å²) in [6, 6.07) is 24.1. The number of hydrogen-bond donors (Lipinski definition) is 1. The highest BCUT2D eigenvalue weighted by Gasteiger charge is 2.29. The summed E-state index contributed by atoms with van der Waals surface area (Å²) >= 11 is 0. The van der Waals surface area contributed by atoms with Gasteiger partial charge in [0.15, 0.2) is 6.10 Å². The SMILES string of the molecule is C[C@H](Oc1ccccc1C(=O)Nc1ccccc1)C(=O)N1CCc2ccccc21. The molecule has 0 radical (unpaired) electrons. The topological polar surface area (TPSA) is 58.6 Å². The van der Waals surface area contributed by atoms with Gasteiger partial charge in [-0.05, 0) is 49.2 Å². The number of nitrogens with zero attached hydrogens (tertiary/aromatic N) is 1. The van der Waals surface area contributed by atoms with Crippen LogP contribution in [-0.4, -0.2) is 24.5 Å². The van der Waals surface area contributed by atoms with Crippen molar-refractivity contribution in [2.45, 2.75) is 19.4 Å². The second-order valence-electron chi connectivity index (χ2n) is 6.94. The number of carbonyl (C=O) groups excluding carboxylic acids is 2. The summed E-state index contributed by atoms with van der Waals surface area (Å²) in [5.74, 6) is -0.0135. The molecule has 1 N–H and O–H groups in total. The number of ether oxygens (including phenoxy) is 1. The number of para-hydroxylation sites is 3. The van der Waals surface area contributed by atoms with Crippen LogP contribution in [-0.2, 0) is 11.2 Å². The Hall–Kier alpha value is -3.60. The Morgan fingerprint density at radius 2 is 1.62 bits per heavy atom. The average Bonchev–Trinajstić information content (AvgIpc) is 3.18. The van der Waals surface area contributed by atoms with Crippen molar-refractivity contribution >= 4 is 23.2 Å². The molecule has 0 aliphatic carbocycles. The van der Waals surface area contributed by atoms with E-state index in [4.69, 9.17) is 4.74 Å². The van der Waals surface area contributed by atoms with Gasteiger partial charge in [-0.1, -0.05) is 48.5 Å². The van der Waals surface area contributed by atoms with Crippen molar-refractivity contribution < 1.29 is 14.3 Å². The van der Waals surface area contributed by atoms with Crippen LogP contribution < -0.4 is 15.0 Å². The molecule has 1 atom stereocenters. The maximum Gasteiger partial charge on any atom is 0.267 e. The summed E-state index contributed by atoms with van der Waals surface area (Å²) < 4.78 is 5.94. The number of rotatable bonds is 5. The maximum atomic E-state index is 13.0. The summed E-state index contributed by atoms with van der Waals surface area (Å²) in [6.45, 7) is 2.36. The van der Waals surface area contributed by atoms with Gasteiger partial charge in [0, 0.05) is 17.9 Å². The molecule has 0 fully saturated rings. The Labute approximate surface area is 169 Å². The molecule has 0 spiro atoms. The summed E-state index contributed by atoms with van der Waals surface area (Å²) in [6.07, 6.45) is 0.122. The first kappa shape index (κ1) is 18.7. The van der Waals surface area contributed by atoms with Gasteiger partial charge in [-0.25, -0.2) is 0 Å². The second-order valence-corrected chi connectivity index (χ2v) is 6.94. The van der Waals surface area contributed by atoms with Crippen LogP contribution in [0.3, 0.4) is 0 Å². The van der Waals surface area contributed by atoms with E-state index in [0.29, 0.717) is 23.5 Å². The van der Waals surface area contributed by atoms with Gasteiger partial charge in [-0.2, -0.15) is 0 Å². The fourth-order valence-electron chi connectivity index (χ4n) is 3.50. The molecule has 0 saturated heterocycles. The summed E-state index contributed by atoms with van der Waals surface area (Å²) in [5, 5.41) is 2.85. The molecule has 5 nitrogen and oxygen atoms in total. The highest BCUT2D eigenvalue weighted by atomic mass is 16.5. The Morgan fingerprint density at radius 3 is 2.45 bits per heavy atom. The molecule has 1 aliphatic heterocycles. The van der Waals surface area contributed by atoms with Crippen molar-refractivity contribution in [3.05, 3.63) is 90.0 Å². The van der Waals surface area contributed by atoms with E-state index in [0.717, 1.165) is 17.7 Å². The first-order valence-electron chi connectivity index (χ1n) is 9.65. The van der Waals surface area contributed by atoms with E-state index < -0.39 is 6.10 Å². The zero-order chi connectivity index (χ0) is 20.2. The molecule has 0 aromatic heterocycles. The molecule has 4 rings (SSSR count). The number of amides is 2. The van der Waals surface area contributed by atoms with E-state index in [9.17, 15) is 9.59 Å². The molecule has 2 amide bonds. The van der Waals surface area contributed by atoms with Gasteiger partial charge in [-0.3, -0.25) is 9.59 Å². The van der Waals surface area contributed by atoms with Crippen LogP contribution in [0.5, 0.6) is 5.75 Å². The molecular weight excluding hydrogens is 364 g/mol. The van der Waals surface area contributed by atoms with Crippen molar-refractivity contribution in [2.75, 3.05) is 16.8 Å². The number of carbonyl (C=O) groups is 2. The number of anilines is 2. The van der Waals surface area contributed by atoms with Gasteiger partial charge in [0.2, 0.25) is 0 Å². The van der Waals surface area contributed by atoms with Crippen LogP contribution in [0.1, 0.15) is 22.8 Å². The Morgan fingerprint density at radius 1 is 0.931 bits per heavy atom. The molecular formula is C24H22N2O3. The van der Waals surface area contributed by atoms with E-state index in [1.54, 1.807) is 36.1 Å². The third kappa shape index (κ3) is 3.99. The molecule has 3 aromatic carbocycles. The zero-order valence-corrected chi connectivity index (χ0v) is 16.2. The summed E-state index contributed by atoms with van der Waals surface area (Å²) in [4.78, 5) is 27.5. The molecule has 0 bridgehead atoms. The fourth-order valence-corrected chi connectivity index (χ4v) is 3.50. The van der Waals surface area contributed by atoms with Crippen LogP contribution in [0.2, 0.25) is 0 Å². The van der Waals surface area contributed by atoms with E-state index in [-0.39, 0.29) is 11.8 Å². The number of fused-ring (bicyclic) bond motifs is 1. The minimum Gasteiger partial charge on any atom is -0.480 e. The van der Waals surface area contributed by atoms with Gasteiger partial charge in [-0.15, -0.1) is 0 Å². The van der Waals surface area contributed by atoms with Gasteiger partial charge in [0.1, 0.15) is 5.75 Å². The molecule has 5 heteroatoms. The minimum absolute atomic E-state index is 0.117. The molecule has 3 aromatic rings. The van der Waals surface area contributed by atoms with Crippen molar-refractivity contribution in [3.63, 3.8) is 0 Å². The predicted octanol–water partition coefficient (Wildman–Crippen LogP) is 4.30. The van der Waals surface area contributed by atoms with Crippen molar-refractivity contribution in [2.24, 2.45) is 0 Å². The van der Waals surface area contributed by atoms with Crippen molar-refractivity contribution in [3.8, 4) is 5.75 Å². The first-order chi connectivity index (χ1) is 14.1. The van der Waals surface area contributed by atoms with E-state index >= 15 is 0 Å². The highest BCUT2D eigenvalue weighted by Crippen LogP contribution is 2.29. The number of hydrogen-bond acceptors (Lipinski definition) is 3. The molecule has 1 aliphatic rings. The minimum atomic E-state index is -0.716. The molecule has 0 saturated carbocycles. The molecule has 1 heterocycles. The van der Waals surface area contributed by atoms with Gasteiger partial charge in [0.25, 0.3) is 11.8 Å². The number of benzene rings is 3. The lowest BCUT2D eigenvalue weighted by Gasteiger charge is -2.23. The van der Waals surface area contributed by atoms with Crippen molar-refractivity contribution in [1.29, 1.82) is 0 Å². The van der Waals surface area contributed by atoms with E-state index in [1.807, 2.05) is 54.6 Å². The van der Waals surface area contributed by atoms with Gasteiger partial charge in [0.05, 0.1) is 5.56 Å². The van der Waals surface area contributed by atoms with E-state index in [2.05, 4.69) is 5.32 Å². The lowest BCUT2D eigenvalue weighted by molar-refractivity contribution is -0.124. The Kier molecular flexibility index (Phi) is 5.29. The number of nitrogens with one attached hydrogen (secondary N) is 1. The lowest BCUT2D eigenvalue weighted by atomic mass is 10.1. The molecule has 146 valence electrons. The Bertz CT molecular complexity index is 1030. The smallest absolute Gasteiger partial charge is 0.267 e. The largest absolute Gasteiger partial charge is 0.480 e. The normalized spacial score (nSPS) is 13.5. The summed E-state index contributed by atoms with van der Waals surface area (Å²) in [5.41, 5.74) is 3.18. The zero-order valence-electron chi connectivity index (χ0n) is 16.2. The van der Waals surface area contributed by atoms with Crippen LogP contribution >= 0.6 is 0 Å². The highest BCUT2D eigenvalue weighted by molar-refractivity contribution is 6.06. The monoisotopic (exact) mass is 386 g/mol. The third-order valence-electron chi connectivity index (χ3n) is 4.97. The van der Waals surface area contributed by atoms with Crippen LogP contribution in [0, 0.1) is 0 Å². The van der Waals surface area contributed by atoms with Gasteiger partial charge >= 0.3 is 0 Å². The standard InChI is InChI=1S/C24H22N2O3/c1-17(24(28)26-16-15-18-9-5-7-13-21(18)26)29-22-14-8-6-12-20(22)23(27)25-19-10-3-2-4-11-19/h2-14,17H,15-16H2,1H3,(H,25,27)/t17-/m0/s1. The summed E-state index contributed by atoms with van der Waals surface area (Å²) in [7, 11) is 0. The second kappa shape index (κ2) is 8.19. The van der Waals surface area contributed by atoms with E-state index in [1.165, 1.54) is 0 Å². The quantitative estimate of drug-likeness (QED) is 0.711. The molecule has 0 unspecified atom stereocenters. The van der Waals surface area contributed by atoms with Crippen molar-refractivity contribution in [1.82, 2.24) is 0 Å². The molecule has 29 heavy (non-hydrogen) atoms. The van der Waals surface area contributed by atoms with Gasteiger partial charge < -0.3 is 15.0 Å². The average molecular weight is 386 g/mol. The predicted molar refractivity (Wildman–Crippen MR) is 113 cm³/mol. The van der Waals surface area contributed by atoms with Crippen LogP contribution in [0.4, 0.5) is 11.4 Å². The lowest BCUT2D eigenvalue weighted by Crippen LogP contribution is -2.39. The van der Waals surface area contributed by atoms with Crippen LogP contribution in [0.25, 0.3) is 0 Å². The fraction of sp³-hybridized carbons (Fsp3) is 0.167. The first-order valence-corrected chi connectivity index (χ1v) is 9.65. The third-order valence-corrected chi connectivity index (χ3v) is 4.97. The maximum absolute atomic E-state index is 13.0.